The third-order valence-corrected chi connectivity index (χ3v) is 6.43. The van der Waals surface area contributed by atoms with Crippen LogP contribution in [0.5, 0.6) is 0 Å². The molecule has 0 atom stereocenters. The summed E-state index contributed by atoms with van der Waals surface area (Å²) in [7, 11) is 0. The van der Waals surface area contributed by atoms with E-state index in [9.17, 15) is 0 Å². The highest BCUT2D eigenvalue weighted by Gasteiger charge is 2.21. The number of hydrogen-bond donors (Lipinski definition) is 0. The minimum Gasteiger partial charge on any atom is -0.313 e. The maximum atomic E-state index is 4.92. The van der Waals surface area contributed by atoms with Gasteiger partial charge in [-0.25, -0.2) is 4.99 Å². The van der Waals surface area contributed by atoms with Crippen molar-refractivity contribution in [2.45, 2.75) is 31.7 Å². The zero-order chi connectivity index (χ0) is 19.5. The Morgan fingerprint density at radius 1 is 0.828 bits per heavy atom. The minimum atomic E-state index is 0.528. The molecule has 0 aliphatic heterocycles. The van der Waals surface area contributed by atoms with E-state index in [1.54, 1.807) is 17.5 Å². The number of pyridine rings is 1. The van der Waals surface area contributed by atoms with Gasteiger partial charge in [0, 0.05) is 17.6 Å². The van der Waals surface area contributed by atoms with E-state index in [4.69, 9.17) is 4.99 Å². The van der Waals surface area contributed by atoms with Crippen molar-refractivity contribution in [1.29, 1.82) is 0 Å². The molecule has 1 aliphatic rings. The molecule has 1 fully saturated rings. The molecular weight excluding hydrogens is 374 g/mol. The zero-order valence-electron chi connectivity index (χ0n) is 16.2. The smallest absolute Gasteiger partial charge is 0.190 e. The predicted octanol–water partition coefficient (Wildman–Crippen LogP) is 6.63. The predicted molar refractivity (Wildman–Crippen MR) is 120 cm³/mol. The third kappa shape index (κ3) is 3.81. The standard InChI is InChI=1S/C25H23N3S/c1-2-7-19(8-3-1)20-12-14-21(15-13-20)24-18-29-25(27-22-9-6-16-26-17-22)28(24)23-10-4-5-11-23/h1-3,6-9,12-18,23H,4-5,10-11H2. The highest BCUT2D eigenvalue weighted by Crippen LogP contribution is 2.34. The first kappa shape index (κ1) is 18.1. The maximum absolute atomic E-state index is 4.92. The summed E-state index contributed by atoms with van der Waals surface area (Å²) in [6, 6.07) is 23.9. The Morgan fingerprint density at radius 3 is 2.28 bits per heavy atom. The van der Waals surface area contributed by atoms with E-state index in [1.165, 1.54) is 48.1 Å². The van der Waals surface area contributed by atoms with E-state index in [0.717, 1.165) is 10.5 Å². The topological polar surface area (TPSA) is 30.2 Å². The molecule has 144 valence electrons. The fraction of sp³-hybridized carbons (Fsp3) is 0.200. The first-order chi connectivity index (χ1) is 14.4. The number of benzene rings is 2. The van der Waals surface area contributed by atoms with Crippen LogP contribution in [0, 0.1) is 0 Å². The molecule has 29 heavy (non-hydrogen) atoms. The summed E-state index contributed by atoms with van der Waals surface area (Å²) in [5, 5.41) is 2.26. The SMILES string of the molecule is c1ccc(-c2ccc(-c3csc(=Nc4cccnc4)n3C3CCCC3)cc2)cc1. The monoisotopic (exact) mass is 397 g/mol. The molecule has 0 bridgehead atoms. The highest BCUT2D eigenvalue weighted by molar-refractivity contribution is 7.07. The average Bonchev–Trinajstić information content (AvgIpc) is 3.45. The summed E-state index contributed by atoms with van der Waals surface area (Å²) in [5.41, 5.74) is 5.93. The van der Waals surface area contributed by atoms with Crippen LogP contribution >= 0.6 is 11.3 Å². The lowest BCUT2D eigenvalue weighted by Crippen LogP contribution is -2.19. The molecule has 0 radical (unpaired) electrons. The van der Waals surface area contributed by atoms with Gasteiger partial charge in [0.1, 0.15) is 0 Å². The van der Waals surface area contributed by atoms with Crippen LogP contribution in [0.4, 0.5) is 5.69 Å². The Bertz CT molecular complexity index is 1140. The normalized spacial score (nSPS) is 15.1. The number of nitrogens with zero attached hydrogens (tertiary/aromatic N) is 3. The summed E-state index contributed by atoms with van der Waals surface area (Å²) < 4.78 is 2.46. The maximum Gasteiger partial charge on any atom is 0.190 e. The van der Waals surface area contributed by atoms with Gasteiger partial charge in [0.05, 0.1) is 17.6 Å². The van der Waals surface area contributed by atoms with Gasteiger partial charge in [-0.05, 0) is 41.7 Å². The second-order valence-electron chi connectivity index (χ2n) is 7.48. The van der Waals surface area contributed by atoms with Crippen LogP contribution in [0.2, 0.25) is 0 Å². The van der Waals surface area contributed by atoms with Crippen molar-refractivity contribution in [1.82, 2.24) is 9.55 Å². The summed E-state index contributed by atoms with van der Waals surface area (Å²) in [4.78, 5) is 10.2. The van der Waals surface area contributed by atoms with E-state index in [2.05, 4.69) is 69.5 Å². The molecule has 2 aromatic heterocycles. The molecule has 1 saturated carbocycles. The Balaban J connectivity index is 1.57. The van der Waals surface area contributed by atoms with E-state index >= 15 is 0 Å². The van der Waals surface area contributed by atoms with Crippen molar-refractivity contribution < 1.29 is 0 Å². The van der Waals surface area contributed by atoms with Crippen LogP contribution in [-0.4, -0.2) is 9.55 Å². The van der Waals surface area contributed by atoms with Gasteiger partial charge in [0.15, 0.2) is 4.80 Å². The molecule has 0 N–H and O–H groups in total. The van der Waals surface area contributed by atoms with Gasteiger partial charge >= 0.3 is 0 Å². The quantitative estimate of drug-likeness (QED) is 0.380. The molecule has 2 heterocycles. The van der Waals surface area contributed by atoms with E-state index in [-0.39, 0.29) is 0 Å². The first-order valence-electron chi connectivity index (χ1n) is 10.2. The summed E-state index contributed by atoms with van der Waals surface area (Å²) >= 11 is 1.72. The van der Waals surface area contributed by atoms with Gasteiger partial charge in [-0.15, -0.1) is 11.3 Å². The zero-order valence-corrected chi connectivity index (χ0v) is 17.1. The Kier molecular flexibility index (Phi) is 5.10. The number of rotatable bonds is 4. The van der Waals surface area contributed by atoms with Crippen LogP contribution in [-0.2, 0) is 0 Å². The summed E-state index contributed by atoms with van der Waals surface area (Å²) in [6.07, 6.45) is 8.67. The Labute approximate surface area is 175 Å². The van der Waals surface area contributed by atoms with Crippen molar-refractivity contribution >= 4 is 17.0 Å². The van der Waals surface area contributed by atoms with Crippen molar-refractivity contribution in [3.05, 3.63) is 89.3 Å². The molecule has 5 rings (SSSR count). The van der Waals surface area contributed by atoms with Crippen molar-refractivity contribution in [3.8, 4) is 22.4 Å². The lowest BCUT2D eigenvalue weighted by Gasteiger charge is -2.16. The van der Waals surface area contributed by atoms with Crippen LogP contribution in [0.25, 0.3) is 22.4 Å². The molecular formula is C25H23N3S. The van der Waals surface area contributed by atoms with Gasteiger partial charge in [-0.3, -0.25) is 4.98 Å². The lowest BCUT2D eigenvalue weighted by molar-refractivity contribution is 0.512. The second kappa shape index (κ2) is 8.18. The van der Waals surface area contributed by atoms with Gasteiger partial charge in [0.25, 0.3) is 0 Å². The fourth-order valence-electron chi connectivity index (χ4n) is 4.12. The van der Waals surface area contributed by atoms with Gasteiger partial charge in [-0.2, -0.15) is 0 Å². The van der Waals surface area contributed by atoms with Crippen LogP contribution in [0.15, 0.2) is 89.5 Å². The van der Waals surface area contributed by atoms with Gasteiger partial charge in [-0.1, -0.05) is 67.4 Å². The number of hydrogen-bond acceptors (Lipinski definition) is 3. The van der Waals surface area contributed by atoms with Crippen molar-refractivity contribution in [3.63, 3.8) is 0 Å². The third-order valence-electron chi connectivity index (χ3n) is 5.59. The van der Waals surface area contributed by atoms with Gasteiger partial charge in [0.2, 0.25) is 0 Å². The molecule has 1 aliphatic carbocycles. The summed E-state index contributed by atoms with van der Waals surface area (Å²) in [6.45, 7) is 0. The average molecular weight is 398 g/mol. The Morgan fingerprint density at radius 2 is 1.55 bits per heavy atom. The van der Waals surface area contributed by atoms with Crippen LogP contribution in [0.3, 0.4) is 0 Å². The molecule has 0 amide bonds. The molecule has 0 saturated heterocycles. The Hall–Kier alpha value is -2.98. The second-order valence-corrected chi connectivity index (χ2v) is 8.31. The molecule has 0 spiro atoms. The first-order valence-corrected chi connectivity index (χ1v) is 11.1. The van der Waals surface area contributed by atoms with Crippen LogP contribution < -0.4 is 4.80 Å². The van der Waals surface area contributed by atoms with E-state index in [0.29, 0.717) is 6.04 Å². The van der Waals surface area contributed by atoms with Crippen molar-refractivity contribution in [2.75, 3.05) is 0 Å². The largest absolute Gasteiger partial charge is 0.313 e. The van der Waals surface area contributed by atoms with E-state index < -0.39 is 0 Å². The van der Waals surface area contributed by atoms with Crippen molar-refractivity contribution in [2.24, 2.45) is 4.99 Å². The van der Waals surface area contributed by atoms with Gasteiger partial charge < -0.3 is 4.57 Å². The van der Waals surface area contributed by atoms with Crippen LogP contribution in [0.1, 0.15) is 31.7 Å². The molecule has 2 aromatic carbocycles. The lowest BCUT2D eigenvalue weighted by atomic mass is 10.0. The van der Waals surface area contributed by atoms with E-state index in [1.807, 2.05) is 18.3 Å². The minimum absolute atomic E-state index is 0.528. The molecule has 4 heteroatoms. The highest BCUT2D eigenvalue weighted by atomic mass is 32.1. The molecule has 4 aromatic rings. The fourth-order valence-corrected chi connectivity index (χ4v) is 5.11. The number of thiazole rings is 1. The molecule has 0 unspecified atom stereocenters. The summed E-state index contributed by atoms with van der Waals surface area (Å²) in [5.74, 6) is 0. The molecule has 3 nitrogen and oxygen atoms in total. The number of aromatic nitrogens is 2.